The SMILES string of the molecule is N.N.O=C(O)O.O=C1CCC2(CC1)CC1(C2)NC(=O)NC1=O. The van der Waals surface area contributed by atoms with Crippen LogP contribution in [-0.2, 0) is 9.59 Å². The second-order valence-electron chi connectivity index (χ2n) is 5.67. The van der Waals surface area contributed by atoms with Gasteiger partial charge in [0.15, 0.2) is 0 Å². The Morgan fingerprint density at radius 2 is 1.45 bits per heavy atom. The minimum absolute atomic E-state index is 0. The van der Waals surface area contributed by atoms with Crippen LogP contribution in [0.2, 0.25) is 0 Å². The highest BCUT2D eigenvalue weighted by molar-refractivity contribution is 6.07. The van der Waals surface area contributed by atoms with Gasteiger partial charge in [0, 0.05) is 12.8 Å². The number of hydrogen-bond acceptors (Lipinski definition) is 6. The van der Waals surface area contributed by atoms with Gasteiger partial charge in [0.2, 0.25) is 0 Å². The first-order valence-electron chi connectivity index (χ1n) is 6.34. The number of carbonyl (C=O) groups excluding carboxylic acids is 3. The van der Waals surface area contributed by atoms with E-state index in [1.54, 1.807) is 0 Å². The normalized spacial score (nSPS) is 23.0. The topological polar surface area (TPSA) is 203 Å². The predicted molar refractivity (Wildman–Crippen MR) is 75.2 cm³/mol. The zero-order chi connectivity index (χ0) is 15.0. The number of ketones is 1. The summed E-state index contributed by atoms with van der Waals surface area (Å²) in [6.45, 7) is 0. The second kappa shape index (κ2) is 6.71. The van der Waals surface area contributed by atoms with Gasteiger partial charge in [0.25, 0.3) is 5.91 Å². The molecule has 126 valence electrons. The molecule has 3 amide bonds. The van der Waals surface area contributed by atoms with Crippen LogP contribution in [0.15, 0.2) is 0 Å². The van der Waals surface area contributed by atoms with Gasteiger partial charge in [-0.25, -0.2) is 9.59 Å². The zero-order valence-electron chi connectivity index (χ0n) is 12.2. The van der Waals surface area contributed by atoms with Gasteiger partial charge < -0.3 is 27.8 Å². The predicted octanol–water partition coefficient (Wildman–Crippen LogP) is 1.03. The Balaban J connectivity index is 0.000000665. The summed E-state index contributed by atoms with van der Waals surface area (Å²) in [5.41, 5.74) is -0.527. The van der Waals surface area contributed by atoms with Gasteiger partial charge in [-0.2, -0.15) is 0 Å². The van der Waals surface area contributed by atoms with Gasteiger partial charge in [-0.3, -0.25) is 14.9 Å². The molecule has 3 rings (SSSR count). The van der Waals surface area contributed by atoms with Crippen molar-refractivity contribution in [1.82, 2.24) is 22.9 Å². The average molecular weight is 318 g/mol. The summed E-state index contributed by atoms with van der Waals surface area (Å²) in [6, 6.07) is -0.383. The van der Waals surface area contributed by atoms with Crippen LogP contribution in [0.1, 0.15) is 38.5 Å². The first-order valence-corrected chi connectivity index (χ1v) is 6.34. The standard InChI is InChI=1S/C11H14N2O3.CH2O3.2H3N/c14-7-1-3-10(4-2-7)5-11(6-10)8(15)12-9(16)13-11;2-1(3)4;;/h1-6H2,(H2,12,13,15,16);(H2,2,3,4);2*1H3. The molecule has 10 nitrogen and oxygen atoms in total. The van der Waals surface area contributed by atoms with Gasteiger partial charge >= 0.3 is 12.2 Å². The van der Waals surface area contributed by atoms with E-state index in [1.807, 2.05) is 0 Å². The van der Waals surface area contributed by atoms with E-state index < -0.39 is 11.7 Å². The lowest BCUT2D eigenvalue weighted by Crippen LogP contribution is -2.62. The highest BCUT2D eigenvalue weighted by Crippen LogP contribution is 2.56. The Morgan fingerprint density at radius 1 is 1.00 bits per heavy atom. The van der Waals surface area contributed by atoms with E-state index in [9.17, 15) is 14.4 Å². The number of carbonyl (C=O) groups is 4. The maximum atomic E-state index is 11.6. The van der Waals surface area contributed by atoms with Crippen LogP contribution in [0, 0.1) is 5.41 Å². The van der Waals surface area contributed by atoms with Crippen LogP contribution >= 0.6 is 0 Å². The van der Waals surface area contributed by atoms with Crippen LogP contribution in [-0.4, -0.2) is 39.6 Å². The minimum atomic E-state index is -1.83. The van der Waals surface area contributed by atoms with Gasteiger partial charge in [-0.15, -0.1) is 0 Å². The smallest absolute Gasteiger partial charge is 0.450 e. The van der Waals surface area contributed by atoms with E-state index in [1.165, 1.54) is 0 Å². The van der Waals surface area contributed by atoms with E-state index in [2.05, 4.69) is 10.6 Å². The van der Waals surface area contributed by atoms with Crippen molar-refractivity contribution in [2.45, 2.75) is 44.1 Å². The summed E-state index contributed by atoms with van der Waals surface area (Å²) in [4.78, 5) is 42.4. The van der Waals surface area contributed by atoms with Crippen LogP contribution in [0.5, 0.6) is 0 Å². The summed E-state index contributed by atoms with van der Waals surface area (Å²) in [5, 5.41) is 18.9. The molecule has 0 radical (unpaired) electrons. The fourth-order valence-corrected chi connectivity index (χ4v) is 3.42. The monoisotopic (exact) mass is 318 g/mol. The van der Waals surface area contributed by atoms with Crippen LogP contribution in [0.3, 0.4) is 0 Å². The van der Waals surface area contributed by atoms with Crippen molar-refractivity contribution in [3.8, 4) is 0 Å². The maximum absolute atomic E-state index is 11.6. The molecule has 3 fully saturated rings. The second-order valence-corrected chi connectivity index (χ2v) is 5.67. The molecular weight excluding hydrogens is 296 g/mol. The Bertz CT molecular complexity index is 470. The molecule has 2 aliphatic carbocycles. The van der Waals surface area contributed by atoms with Gasteiger partial charge in [-0.1, -0.05) is 0 Å². The highest BCUT2D eigenvalue weighted by atomic mass is 16.6. The van der Waals surface area contributed by atoms with Crippen molar-refractivity contribution in [2.75, 3.05) is 0 Å². The molecule has 1 aliphatic heterocycles. The summed E-state index contributed by atoms with van der Waals surface area (Å²) in [6.07, 6.45) is 2.57. The van der Waals surface area contributed by atoms with Crippen molar-refractivity contribution >= 4 is 23.9 Å². The number of imide groups is 1. The number of amides is 3. The quantitative estimate of drug-likeness (QED) is 0.355. The number of nitrogens with one attached hydrogen (secondary N) is 2. The Hall–Kier alpha value is -2.20. The molecule has 10 N–H and O–H groups in total. The molecule has 1 heterocycles. The molecule has 2 spiro atoms. The Kier molecular flexibility index (Phi) is 6.04. The number of urea groups is 1. The average Bonchev–Trinajstić information content (AvgIpc) is 2.56. The molecule has 0 atom stereocenters. The number of carboxylic acid groups (broad SMARTS) is 2. The van der Waals surface area contributed by atoms with Crippen molar-refractivity contribution in [2.24, 2.45) is 5.41 Å². The van der Waals surface area contributed by atoms with Crippen molar-refractivity contribution in [3.63, 3.8) is 0 Å². The number of hydrogen-bond donors (Lipinski definition) is 6. The summed E-state index contributed by atoms with van der Waals surface area (Å²) >= 11 is 0. The molecular formula is C12H22N4O6. The van der Waals surface area contributed by atoms with E-state index in [0.29, 0.717) is 31.5 Å². The zero-order valence-corrected chi connectivity index (χ0v) is 12.2. The van der Waals surface area contributed by atoms with E-state index in [-0.39, 0.29) is 29.7 Å². The lowest BCUT2D eigenvalue weighted by atomic mass is 9.52. The molecule has 0 aromatic heterocycles. The largest absolute Gasteiger partial charge is 0.503 e. The third kappa shape index (κ3) is 3.71. The number of Topliss-reactive ketones (excluding diaryl/α,β-unsaturated/α-hetero) is 1. The number of rotatable bonds is 0. The molecule has 1 saturated heterocycles. The van der Waals surface area contributed by atoms with Crippen LogP contribution in [0.4, 0.5) is 9.59 Å². The molecule has 2 saturated carbocycles. The summed E-state index contributed by atoms with van der Waals surface area (Å²) in [5.74, 6) is 0.131. The molecule has 3 aliphatic rings. The van der Waals surface area contributed by atoms with Gasteiger partial charge in [-0.05, 0) is 31.1 Å². The molecule has 0 aromatic rings. The minimum Gasteiger partial charge on any atom is -0.450 e. The van der Waals surface area contributed by atoms with E-state index in [0.717, 1.165) is 12.8 Å². The molecule has 0 aromatic carbocycles. The lowest BCUT2D eigenvalue weighted by Gasteiger charge is -2.54. The van der Waals surface area contributed by atoms with Gasteiger partial charge in [0.05, 0.1) is 0 Å². The highest BCUT2D eigenvalue weighted by Gasteiger charge is 2.62. The third-order valence-corrected chi connectivity index (χ3v) is 4.24. The van der Waals surface area contributed by atoms with E-state index >= 15 is 0 Å². The fourth-order valence-electron chi connectivity index (χ4n) is 3.42. The van der Waals surface area contributed by atoms with Crippen LogP contribution < -0.4 is 22.9 Å². The maximum Gasteiger partial charge on any atom is 0.503 e. The first kappa shape index (κ1) is 19.8. The third-order valence-electron chi connectivity index (χ3n) is 4.24. The Labute approximate surface area is 126 Å². The molecule has 10 heteroatoms. The Morgan fingerprint density at radius 3 is 1.82 bits per heavy atom. The molecule has 22 heavy (non-hydrogen) atoms. The van der Waals surface area contributed by atoms with E-state index in [4.69, 9.17) is 15.0 Å². The summed E-state index contributed by atoms with van der Waals surface area (Å²) < 4.78 is 0. The van der Waals surface area contributed by atoms with Crippen molar-refractivity contribution < 1.29 is 29.4 Å². The molecule has 0 unspecified atom stereocenters. The van der Waals surface area contributed by atoms with Crippen LogP contribution in [0.25, 0.3) is 0 Å². The van der Waals surface area contributed by atoms with Crippen molar-refractivity contribution in [3.05, 3.63) is 0 Å². The molecule has 0 bridgehead atoms. The first-order chi connectivity index (χ1) is 9.27. The summed E-state index contributed by atoms with van der Waals surface area (Å²) in [7, 11) is 0. The lowest BCUT2D eigenvalue weighted by molar-refractivity contribution is -0.137. The van der Waals surface area contributed by atoms with Crippen molar-refractivity contribution in [1.29, 1.82) is 0 Å². The van der Waals surface area contributed by atoms with Gasteiger partial charge in [0.1, 0.15) is 11.3 Å². The fraction of sp³-hybridized carbons (Fsp3) is 0.667.